The number of rotatable bonds is 24. The Kier molecular flexibility index (Phi) is 37.1. The summed E-state index contributed by atoms with van der Waals surface area (Å²) in [5.41, 5.74) is -13.9. The van der Waals surface area contributed by atoms with E-state index < -0.39 is 152 Å². The van der Waals surface area contributed by atoms with E-state index in [9.17, 15) is 105 Å². The molecular formula is C55H85F15O15. The van der Waals surface area contributed by atoms with Crippen LogP contribution in [-0.4, -0.2) is 145 Å². The maximum Gasteiger partial charge on any atom is 0.417 e. The lowest BCUT2D eigenvalue weighted by atomic mass is 9.92. The number of halogens is 15. The Balaban J connectivity index is -0.000000314. The summed E-state index contributed by atoms with van der Waals surface area (Å²) in [4.78, 5) is 55.7. The van der Waals surface area contributed by atoms with Crippen LogP contribution in [0.25, 0.3) is 0 Å². The third-order valence-corrected chi connectivity index (χ3v) is 11.2. The summed E-state index contributed by atoms with van der Waals surface area (Å²) >= 11 is 0. The molecule has 0 rings (SSSR count). The van der Waals surface area contributed by atoms with E-state index in [2.05, 4.69) is 42.4 Å². The van der Waals surface area contributed by atoms with Crippen LogP contribution in [0.3, 0.4) is 0 Å². The van der Waals surface area contributed by atoms with Crippen molar-refractivity contribution in [3.8, 4) is 0 Å². The fourth-order valence-corrected chi connectivity index (χ4v) is 5.36. The smallest absolute Gasteiger partial charge is 0.417 e. The molecule has 0 aliphatic carbocycles. The van der Waals surface area contributed by atoms with Crippen molar-refractivity contribution in [2.45, 2.75) is 239 Å². The minimum atomic E-state index is -4.77. The molecule has 0 amide bonds. The molecule has 30 heteroatoms. The Morgan fingerprint density at radius 1 is 0.400 bits per heavy atom. The summed E-state index contributed by atoms with van der Waals surface area (Å²) in [5.74, 6) is -4.11. The van der Waals surface area contributed by atoms with Gasteiger partial charge in [0, 0.05) is 60.0 Å². The standard InChI is InChI=1S/C13H21F3O3.C12H19F3O3.C11H17F3O3.C10H15F3O3.C9H13F3O3/c1-8(2)6-10(19-11(17)9(3)4)7-12(5,18)13(14,15)16;1-7(2)9(18-10(16)8(3)4)6-11(5,17)12(13,14)15;1-5-8(17-9(15)7(2)3)6-10(4,16)11(12,13)14;1-6(2)8(14)16-7(3)5-9(4,15)10(11,12)13;1-6(2)7(13)15-5-4-8(3,14)9(10,11)12/h8,10,18H,3,6-7H2,1-2,4-5H3;7,9,17H,3,6H2,1-2,4-5H3;8,16H,2,5-6H2,1,3-4H3;7,15H,1,5H2,2-4H3;14H,1,4-5H2,2-3H3. The highest BCUT2D eigenvalue weighted by Crippen LogP contribution is 2.39. The van der Waals surface area contributed by atoms with Gasteiger partial charge >= 0.3 is 60.7 Å². The quantitative estimate of drug-likeness (QED) is 0.0262. The van der Waals surface area contributed by atoms with Crippen molar-refractivity contribution >= 4 is 29.8 Å². The third-order valence-electron chi connectivity index (χ3n) is 11.2. The van der Waals surface area contributed by atoms with Crippen LogP contribution in [0.2, 0.25) is 0 Å². The monoisotopic (exact) mass is 1270 g/mol. The summed E-state index contributed by atoms with van der Waals surface area (Å²) in [6.45, 7) is 36.0. The molecule has 85 heavy (non-hydrogen) atoms. The van der Waals surface area contributed by atoms with Crippen molar-refractivity contribution < 1.29 is 139 Å². The van der Waals surface area contributed by atoms with Crippen LogP contribution in [0.5, 0.6) is 0 Å². The van der Waals surface area contributed by atoms with E-state index in [4.69, 9.17) is 24.4 Å². The minimum Gasteiger partial charge on any atom is -0.462 e. The molecule has 0 aromatic carbocycles. The Hall–Kier alpha value is -5.20. The molecule has 9 atom stereocenters. The van der Waals surface area contributed by atoms with Gasteiger partial charge in [-0.05, 0) is 101 Å². The number of carbonyl (C=O) groups excluding carboxylic acids is 5. The minimum absolute atomic E-state index is 0.0342. The normalized spacial score (nSPS) is 16.9. The molecule has 0 heterocycles. The molecule has 15 nitrogen and oxygen atoms in total. The van der Waals surface area contributed by atoms with Crippen molar-refractivity contribution in [1.29, 1.82) is 0 Å². The Morgan fingerprint density at radius 3 is 0.953 bits per heavy atom. The summed E-state index contributed by atoms with van der Waals surface area (Å²) in [7, 11) is 0. The van der Waals surface area contributed by atoms with Crippen molar-refractivity contribution in [3.63, 3.8) is 0 Å². The van der Waals surface area contributed by atoms with E-state index in [1.54, 1.807) is 34.6 Å². The molecule has 9 unspecified atom stereocenters. The van der Waals surface area contributed by atoms with Crippen LogP contribution >= 0.6 is 0 Å². The molecule has 0 aromatic heterocycles. The SMILES string of the molecule is C=C(C)C(=O)OC(C)CC(C)(O)C(F)(F)F.C=C(C)C(=O)OC(CC(C)(O)C(F)(F)F)C(C)C.C=C(C)C(=O)OC(CC(C)C)CC(C)(O)C(F)(F)F.C=C(C)C(=O)OC(CC)CC(C)(O)C(F)(F)F.C=C(C)C(=O)OCCC(C)(O)C(F)(F)F. The van der Waals surface area contributed by atoms with E-state index in [0.717, 1.165) is 0 Å². The second kappa shape index (κ2) is 35.6. The molecule has 5 N–H and O–H groups in total. The fraction of sp³-hybridized carbons (Fsp3) is 0.727. The van der Waals surface area contributed by atoms with E-state index in [1.165, 1.54) is 41.5 Å². The Morgan fingerprint density at radius 2 is 0.671 bits per heavy atom. The summed E-state index contributed by atoms with van der Waals surface area (Å²) < 4.78 is 210. The van der Waals surface area contributed by atoms with Gasteiger partial charge in [0.2, 0.25) is 0 Å². The highest BCUT2D eigenvalue weighted by molar-refractivity contribution is 5.88. The molecule has 0 radical (unpaired) electrons. The number of esters is 5. The highest BCUT2D eigenvalue weighted by atomic mass is 19.4. The first-order valence-corrected chi connectivity index (χ1v) is 25.5. The first-order chi connectivity index (χ1) is 37.3. The molecule has 0 saturated carbocycles. The van der Waals surface area contributed by atoms with Crippen LogP contribution in [0, 0.1) is 11.8 Å². The van der Waals surface area contributed by atoms with E-state index in [-0.39, 0.29) is 52.5 Å². The van der Waals surface area contributed by atoms with Crippen LogP contribution < -0.4 is 0 Å². The van der Waals surface area contributed by atoms with Crippen LogP contribution in [0.15, 0.2) is 60.8 Å². The zero-order valence-corrected chi connectivity index (χ0v) is 50.6. The number of aliphatic hydroxyl groups is 5. The lowest BCUT2D eigenvalue weighted by molar-refractivity contribution is -0.263. The first kappa shape index (κ1) is 88.6. The van der Waals surface area contributed by atoms with Gasteiger partial charge in [0.05, 0.1) is 6.61 Å². The van der Waals surface area contributed by atoms with Gasteiger partial charge in [-0.25, -0.2) is 24.0 Å². The molecule has 0 fully saturated rings. The number of hydrogen-bond donors (Lipinski definition) is 5. The van der Waals surface area contributed by atoms with Crippen LogP contribution in [0.1, 0.15) is 156 Å². The van der Waals surface area contributed by atoms with Gasteiger partial charge in [0.1, 0.15) is 24.4 Å². The predicted octanol–water partition coefficient (Wildman–Crippen LogP) is 12.7. The first-order valence-electron chi connectivity index (χ1n) is 25.5. The maximum atomic E-state index is 12.6. The third kappa shape index (κ3) is 36.5. The number of carbonyl (C=O) groups is 5. The van der Waals surface area contributed by atoms with Gasteiger partial charge in [-0.3, -0.25) is 0 Å². The Bertz CT molecular complexity index is 2180. The number of ether oxygens (including phenoxy) is 5. The van der Waals surface area contributed by atoms with Crippen molar-refractivity contribution in [1.82, 2.24) is 0 Å². The van der Waals surface area contributed by atoms with Gasteiger partial charge in [-0.1, -0.05) is 67.5 Å². The van der Waals surface area contributed by atoms with Gasteiger partial charge < -0.3 is 49.2 Å². The second-order valence-corrected chi connectivity index (χ2v) is 22.0. The fourth-order valence-electron chi connectivity index (χ4n) is 5.36. The number of alkyl halides is 15. The van der Waals surface area contributed by atoms with E-state index in [0.29, 0.717) is 34.6 Å². The van der Waals surface area contributed by atoms with Crippen LogP contribution in [0.4, 0.5) is 65.9 Å². The Labute approximate surface area is 486 Å². The number of hydrogen-bond acceptors (Lipinski definition) is 15. The molecule has 500 valence electrons. The maximum absolute atomic E-state index is 12.6. The molecule has 0 saturated heterocycles. The summed E-state index contributed by atoms with van der Waals surface area (Å²) in [6, 6.07) is 0. The zero-order valence-electron chi connectivity index (χ0n) is 50.6. The molecule has 0 aliphatic rings. The molecule has 0 bridgehead atoms. The van der Waals surface area contributed by atoms with Crippen molar-refractivity contribution in [2.24, 2.45) is 11.8 Å². The molecule has 0 aliphatic heterocycles. The topological polar surface area (TPSA) is 233 Å². The predicted molar refractivity (Wildman–Crippen MR) is 281 cm³/mol. The van der Waals surface area contributed by atoms with Gasteiger partial charge in [0.15, 0.2) is 28.0 Å². The van der Waals surface area contributed by atoms with Gasteiger partial charge in [-0.2, -0.15) is 65.9 Å². The van der Waals surface area contributed by atoms with Crippen molar-refractivity contribution in [2.75, 3.05) is 6.61 Å². The second-order valence-electron chi connectivity index (χ2n) is 22.0. The zero-order chi connectivity index (χ0) is 69.4. The van der Waals surface area contributed by atoms with Gasteiger partial charge in [0.25, 0.3) is 0 Å². The lowest BCUT2D eigenvalue weighted by Crippen LogP contribution is -2.46. The molecule has 0 aromatic rings. The molecular weight excluding hydrogens is 1190 g/mol. The lowest BCUT2D eigenvalue weighted by Gasteiger charge is -2.31. The van der Waals surface area contributed by atoms with E-state index in [1.807, 2.05) is 0 Å². The van der Waals surface area contributed by atoms with Crippen molar-refractivity contribution in [3.05, 3.63) is 60.8 Å². The average molecular weight is 1270 g/mol. The van der Waals surface area contributed by atoms with E-state index >= 15 is 0 Å². The average Bonchev–Trinajstić information content (AvgIpc) is 3.26. The summed E-state index contributed by atoms with van der Waals surface area (Å²) in [5, 5.41) is 46.2. The molecule has 0 spiro atoms. The van der Waals surface area contributed by atoms with Gasteiger partial charge in [-0.15, -0.1) is 0 Å². The summed E-state index contributed by atoms with van der Waals surface area (Å²) in [6.07, 6.45) is -30.9. The highest BCUT2D eigenvalue weighted by Gasteiger charge is 2.54. The largest absolute Gasteiger partial charge is 0.462 e. The van der Waals surface area contributed by atoms with Crippen LogP contribution in [-0.2, 0) is 47.7 Å².